The van der Waals surface area contributed by atoms with Crippen molar-refractivity contribution in [2.45, 2.75) is 6.54 Å². The molecule has 1 aliphatic heterocycles. The Morgan fingerprint density at radius 2 is 2.21 bits per heavy atom. The predicted molar refractivity (Wildman–Crippen MR) is 97.7 cm³/mol. The highest BCUT2D eigenvalue weighted by molar-refractivity contribution is 7.15. The first-order valence-electron chi connectivity index (χ1n) is 7.37. The number of rotatable bonds is 3. The normalized spacial score (nSPS) is 13.1. The molecule has 0 fully saturated rings. The Hall–Kier alpha value is -2.25. The molecule has 8 heteroatoms. The number of aromatic amines is 1. The lowest BCUT2D eigenvalue weighted by molar-refractivity contribution is 0.311. The molecule has 4 rings (SSSR count). The average Bonchev–Trinajstić information content (AvgIpc) is 3.18. The minimum atomic E-state index is -0.190. The summed E-state index contributed by atoms with van der Waals surface area (Å²) in [6, 6.07) is 10.4. The second-order valence-corrected chi connectivity index (χ2v) is 6.68. The molecule has 126 valence electrons. The van der Waals surface area contributed by atoms with E-state index in [0.717, 1.165) is 33.3 Å². The van der Waals surface area contributed by atoms with Gasteiger partial charge in [-0.2, -0.15) is 5.10 Å². The van der Waals surface area contributed by atoms with Crippen molar-refractivity contribution in [2.24, 2.45) is 0 Å². The van der Waals surface area contributed by atoms with Crippen LogP contribution >= 0.6 is 23.7 Å². The summed E-state index contributed by atoms with van der Waals surface area (Å²) in [6.45, 7) is 2.16. The first kappa shape index (κ1) is 16.6. The second kappa shape index (κ2) is 6.70. The van der Waals surface area contributed by atoms with E-state index >= 15 is 0 Å². The van der Waals surface area contributed by atoms with Gasteiger partial charge in [-0.05, 0) is 29.8 Å². The molecule has 0 unspecified atom stereocenters. The van der Waals surface area contributed by atoms with E-state index in [2.05, 4.69) is 46.4 Å². The van der Waals surface area contributed by atoms with E-state index in [4.69, 9.17) is 4.74 Å². The molecule has 1 aliphatic rings. The first-order valence-corrected chi connectivity index (χ1v) is 8.19. The topological polar surface area (TPSA) is 63.1 Å². The number of halogens is 1. The summed E-state index contributed by atoms with van der Waals surface area (Å²) in [5.41, 5.74) is 2.07. The number of likely N-dealkylation sites (N-methyl/N-ethyl adjacent to an activating group) is 1. The molecule has 0 radical (unpaired) electrons. The number of benzene rings is 1. The summed E-state index contributed by atoms with van der Waals surface area (Å²) in [7, 11) is 2.08. The molecule has 0 amide bonds. The lowest BCUT2D eigenvalue weighted by Crippen LogP contribution is -2.28. The molecule has 3 aromatic rings. The molecule has 24 heavy (non-hydrogen) atoms. The van der Waals surface area contributed by atoms with Gasteiger partial charge < -0.3 is 9.64 Å². The minimum absolute atomic E-state index is 0. The van der Waals surface area contributed by atoms with Crippen LogP contribution < -0.4 is 15.3 Å². The van der Waals surface area contributed by atoms with Crippen molar-refractivity contribution < 1.29 is 4.74 Å². The third-order valence-electron chi connectivity index (χ3n) is 3.95. The quantitative estimate of drug-likeness (QED) is 0.776. The smallest absolute Gasteiger partial charge is 0.343 e. The number of hydrogen-bond donors (Lipinski definition) is 1. The van der Waals surface area contributed by atoms with E-state index in [1.54, 1.807) is 15.9 Å². The second-order valence-electron chi connectivity index (χ2n) is 5.51. The minimum Gasteiger partial charge on any atom is -0.490 e. The van der Waals surface area contributed by atoms with Gasteiger partial charge in [0.25, 0.3) is 0 Å². The number of fused-ring (bicyclic) bond motifs is 1. The number of nitrogens with zero attached hydrogens (tertiary/aromatic N) is 3. The van der Waals surface area contributed by atoms with Gasteiger partial charge in [0.15, 0.2) is 0 Å². The van der Waals surface area contributed by atoms with Crippen LogP contribution in [0.2, 0.25) is 0 Å². The summed E-state index contributed by atoms with van der Waals surface area (Å²) >= 11 is 1.67. The van der Waals surface area contributed by atoms with Crippen molar-refractivity contribution in [1.82, 2.24) is 14.8 Å². The van der Waals surface area contributed by atoms with Crippen LogP contribution in [-0.4, -0.2) is 35.0 Å². The number of aromatic nitrogens is 3. The number of H-pyrrole nitrogens is 1. The third kappa shape index (κ3) is 3.05. The van der Waals surface area contributed by atoms with Crippen molar-refractivity contribution >= 4 is 29.4 Å². The van der Waals surface area contributed by atoms with Crippen molar-refractivity contribution in [1.29, 1.82) is 0 Å². The van der Waals surface area contributed by atoms with Crippen LogP contribution in [0.1, 0.15) is 4.88 Å². The summed E-state index contributed by atoms with van der Waals surface area (Å²) in [5.74, 6) is 0.928. The van der Waals surface area contributed by atoms with Gasteiger partial charge >= 0.3 is 5.69 Å². The highest BCUT2D eigenvalue weighted by Gasteiger charge is 2.16. The molecule has 0 atom stereocenters. The van der Waals surface area contributed by atoms with Crippen LogP contribution in [0.25, 0.3) is 10.4 Å². The molecule has 0 aliphatic carbocycles. The third-order valence-corrected chi connectivity index (χ3v) is 5.06. The number of ether oxygens (including phenoxy) is 1. The monoisotopic (exact) mass is 364 g/mol. The number of nitrogens with one attached hydrogen (secondary N) is 1. The fraction of sp³-hybridized carbons (Fsp3) is 0.250. The van der Waals surface area contributed by atoms with Crippen molar-refractivity contribution in [2.75, 3.05) is 25.1 Å². The summed E-state index contributed by atoms with van der Waals surface area (Å²) < 4.78 is 7.33. The maximum absolute atomic E-state index is 11.5. The predicted octanol–water partition coefficient (Wildman–Crippen LogP) is 2.60. The fourth-order valence-corrected chi connectivity index (χ4v) is 3.68. The Labute approximate surface area is 149 Å². The summed E-state index contributed by atoms with van der Waals surface area (Å²) in [5, 5.41) is 6.15. The van der Waals surface area contributed by atoms with E-state index < -0.39 is 0 Å². The molecular formula is C16H17ClN4O2S. The van der Waals surface area contributed by atoms with Crippen LogP contribution in [-0.2, 0) is 6.54 Å². The molecule has 2 aromatic heterocycles. The Morgan fingerprint density at radius 3 is 3.00 bits per heavy atom. The Bertz CT molecular complexity index is 901. The maximum Gasteiger partial charge on any atom is 0.343 e. The first-order chi connectivity index (χ1) is 11.2. The van der Waals surface area contributed by atoms with Crippen molar-refractivity contribution in [3.63, 3.8) is 0 Å². The zero-order valence-electron chi connectivity index (χ0n) is 13.1. The molecule has 0 saturated heterocycles. The Morgan fingerprint density at radius 1 is 1.33 bits per heavy atom. The van der Waals surface area contributed by atoms with Gasteiger partial charge in [0.2, 0.25) is 0 Å². The summed E-state index contributed by atoms with van der Waals surface area (Å²) in [6.07, 6.45) is 1.52. The number of thiophene rings is 1. The lowest BCUT2D eigenvalue weighted by Gasteiger charge is -2.27. The van der Waals surface area contributed by atoms with Gasteiger partial charge in [-0.25, -0.2) is 9.89 Å². The van der Waals surface area contributed by atoms with E-state index in [-0.39, 0.29) is 18.1 Å². The van der Waals surface area contributed by atoms with E-state index in [9.17, 15) is 4.79 Å². The molecule has 0 saturated carbocycles. The molecule has 3 heterocycles. The van der Waals surface area contributed by atoms with Gasteiger partial charge in [0, 0.05) is 16.8 Å². The van der Waals surface area contributed by atoms with Crippen molar-refractivity contribution in [3.05, 3.63) is 52.0 Å². The van der Waals surface area contributed by atoms with Gasteiger partial charge in [0.1, 0.15) is 18.7 Å². The van der Waals surface area contributed by atoms with E-state index in [1.165, 1.54) is 6.33 Å². The SMILES string of the molecule is CN1CCOc2cc(-c3ccc(Cn4cn[nH]c4=O)s3)ccc21.Cl. The van der Waals surface area contributed by atoms with Gasteiger partial charge in [-0.1, -0.05) is 6.07 Å². The summed E-state index contributed by atoms with van der Waals surface area (Å²) in [4.78, 5) is 16.0. The van der Waals surface area contributed by atoms with Crippen LogP contribution in [0.3, 0.4) is 0 Å². The van der Waals surface area contributed by atoms with Gasteiger partial charge in [0.05, 0.1) is 18.8 Å². The average molecular weight is 365 g/mol. The van der Waals surface area contributed by atoms with Crippen LogP contribution in [0.4, 0.5) is 5.69 Å². The zero-order valence-corrected chi connectivity index (χ0v) is 14.7. The molecule has 6 nitrogen and oxygen atoms in total. The molecule has 1 aromatic carbocycles. The van der Waals surface area contributed by atoms with Crippen LogP contribution in [0, 0.1) is 0 Å². The van der Waals surface area contributed by atoms with Gasteiger partial charge in [-0.3, -0.25) is 4.57 Å². The van der Waals surface area contributed by atoms with E-state index in [0.29, 0.717) is 13.2 Å². The maximum atomic E-state index is 11.5. The Kier molecular flexibility index (Phi) is 4.64. The lowest BCUT2D eigenvalue weighted by atomic mass is 10.1. The van der Waals surface area contributed by atoms with Gasteiger partial charge in [-0.15, -0.1) is 23.7 Å². The highest BCUT2D eigenvalue weighted by atomic mass is 35.5. The van der Waals surface area contributed by atoms with Crippen LogP contribution in [0.5, 0.6) is 5.75 Å². The molecule has 1 N–H and O–H groups in total. The fourth-order valence-electron chi connectivity index (χ4n) is 2.68. The highest BCUT2D eigenvalue weighted by Crippen LogP contribution is 2.37. The standard InChI is InChI=1S/C16H16N4O2S.ClH/c1-19-6-7-22-14-8-11(2-4-13(14)19)15-5-3-12(23-15)9-20-10-17-18-16(20)21;/h2-5,8,10H,6-7,9H2,1H3,(H,18,21);1H. The molecular weight excluding hydrogens is 348 g/mol. The number of anilines is 1. The number of hydrogen-bond acceptors (Lipinski definition) is 5. The molecule has 0 bridgehead atoms. The largest absolute Gasteiger partial charge is 0.490 e. The van der Waals surface area contributed by atoms with E-state index in [1.807, 2.05) is 6.07 Å². The Balaban J connectivity index is 0.00000169. The zero-order chi connectivity index (χ0) is 15.8. The van der Waals surface area contributed by atoms with Crippen molar-refractivity contribution in [3.8, 4) is 16.2 Å². The molecule has 0 spiro atoms. The van der Waals surface area contributed by atoms with Crippen LogP contribution in [0.15, 0.2) is 41.5 Å².